The molecule has 0 radical (unpaired) electrons. The first kappa shape index (κ1) is 18.2. The van der Waals surface area contributed by atoms with Gasteiger partial charge in [-0.1, -0.05) is 57.7 Å². The fourth-order valence-corrected chi connectivity index (χ4v) is 4.16. The molecule has 0 unspecified atom stereocenters. The van der Waals surface area contributed by atoms with E-state index in [1.165, 1.54) is 0 Å². The second kappa shape index (κ2) is 9.21. The van der Waals surface area contributed by atoms with Gasteiger partial charge in [-0.15, -0.1) is 0 Å². The van der Waals surface area contributed by atoms with Gasteiger partial charge in [0.1, 0.15) is 0 Å². The molecule has 0 heterocycles. The summed E-state index contributed by atoms with van der Waals surface area (Å²) < 4.78 is 27.4. The minimum absolute atomic E-state index is 0.456. The molecule has 21 heavy (non-hydrogen) atoms. The van der Waals surface area contributed by atoms with Crippen LogP contribution in [0.1, 0.15) is 57.9 Å². The molecular formula is C17H29NO2S. The first-order valence-electron chi connectivity index (χ1n) is 8.09. The molecule has 0 aliphatic carbocycles. The van der Waals surface area contributed by atoms with Crippen molar-refractivity contribution in [3.05, 3.63) is 29.8 Å². The van der Waals surface area contributed by atoms with Crippen LogP contribution < -0.4 is 0 Å². The molecule has 4 heteroatoms. The Morgan fingerprint density at radius 2 is 1.43 bits per heavy atom. The van der Waals surface area contributed by atoms with Crippen LogP contribution >= 0.6 is 0 Å². The summed E-state index contributed by atoms with van der Waals surface area (Å²) >= 11 is 0. The van der Waals surface area contributed by atoms with Gasteiger partial charge in [-0.05, 0) is 31.4 Å². The number of hydrogen-bond acceptors (Lipinski definition) is 2. The van der Waals surface area contributed by atoms with Crippen molar-refractivity contribution in [1.29, 1.82) is 0 Å². The average Bonchev–Trinajstić information content (AvgIpc) is 2.46. The molecule has 0 bridgehead atoms. The lowest BCUT2D eigenvalue weighted by Crippen LogP contribution is -2.33. The summed E-state index contributed by atoms with van der Waals surface area (Å²) in [6, 6.07) is 7.27. The van der Waals surface area contributed by atoms with Gasteiger partial charge in [-0.2, -0.15) is 4.31 Å². The Kier molecular flexibility index (Phi) is 7.97. The van der Waals surface area contributed by atoms with E-state index >= 15 is 0 Å². The van der Waals surface area contributed by atoms with E-state index < -0.39 is 10.0 Å². The molecule has 1 rings (SSSR count). The van der Waals surface area contributed by atoms with E-state index in [-0.39, 0.29) is 0 Å². The topological polar surface area (TPSA) is 37.4 Å². The summed E-state index contributed by atoms with van der Waals surface area (Å²) in [4.78, 5) is 0.456. The summed E-state index contributed by atoms with van der Waals surface area (Å²) in [5, 5.41) is 0. The largest absolute Gasteiger partial charge is 0.243 e. The van der Waals surface area contributed by atoms with Gasteiger partial charge in [0.15, 0.2) is 0 Å². The highest BCUT2D eigenvalue weighted by molar-refractivity contribution is 7.89. The van der Waals surface area contributed by atoms with E-state index in [1.54, 1.807) is 16.4 Å². The molecular weight excluding hydrogens is 282 g/mol. The van der Waals surface area contributed by atoms with Crippen LogP contribution in [0.2, 0.25) is 0 Å². The van der Waals surface area contributed by atoms with Crippen molar-refractivity contribution in [2.75, 3.05) is 13.1 Å². The first-order chi connectivity index (χ1) is 10.0. The molecule has 0 aromatic heterocycles. The molecule has 3 nitrogen and oxygen atoms in total. The summed E-state index contributed by atoms with van der Waals surface area (Å²) in [6.45, 7) is 7.40. The fraction of sp³-hybridized carbons (Fsp3) is 0.647. The van der Waals surface area contributed by atoms with Crippen molar-refractivity contribution >= 4 is 10.0 Å². The normalized spacial score (nSPS) is 12.0. The van der Waals surface area contributed by atoms with E-state index in [4.69, 9.17) is 0 Å². The zero-order chi connectivity index (χ0) is 15.7. The maximum atomic E-state index is 12.9. The van der Waals surface area contributed by atoms with Crippen LogP contribution in [-0.2, 0) is 10.0 Å². The second-order valence-electron chi connectivity index (χ2n) is 5.58. The molecule has 0 saturated heterocycles. The molecule has 1 aromatic rings. The van der Waals surface area contributed by atoms with Crippen molar-refractivity contribution < 1.29 is 8.42 Å². The van der Waals surface area contributed by atoms with Crippen LogP contribution in [0.3, 0.4) is 0 Å². The van der Waals surface area contributed by atoms with Crippen molar-refractivity contribution in [2.45, 2.75) is 64.2 Å². The summed E-state index contributed by atoms with van der Waals surface area (Å²) in [7, 11) is -3.36. The van der Waals surface area contributed by atoms with Gasteiger partial charge in [0.25, 0.3) is 0 Å². The fourth-order valence-electron chi connectivity index (χ4n) is 2.41. The summed E-state index contributed by atoms with van der Waals surface area (Å²) in [6.07, 6.45) is 6.24. The van der Waals surface area contributed by atoms with Gasteiger partial charge < -0.3 is 0 Å². The van der Waals surface area contributed by atoms with E-state index in [0.29, 0.717) is 18.0 Å². The number of aryl methyl sites for hydroxylation is 1. The van der Waals surface area contributed by atoms with Crippen LogP contribution in [0, 0.1) is 6.92 Å². The van der Waals surface area contributed by atoms with Gasteiger partial charge in [0.2, 0.25) is 10.0 Å². The highest BCUT2D eigenvalue weighted by Crippen LogP contribution is 2.20. The van der Waals surface area contributed by atoms with Crippen molar-refractivity contribution in [1.82, 2.24) is 4.31 Å². The summed E-state index contributed by atoms with van der Waals surface area (Å²) in [5.74, 6) is 0. The van der Waals surface area contributed by atoms with E-state index in [0.717, 1.165) is 44.1 Å². The number of benzene rings is 1. The van der Waals surface area contributed by atoms with Gasteiger partial charge in [-0.3, -0.25) is 0 Å². The Balaban J connectivity index is 2.90. The molecule has 120 valence electrons. The predicted octanol–water partition coefficient (Wildman–Crippen LogP) is 4.37. The Morgan fingerprint density at radius 3 is 1.90 bits per heavy atom. The quantitative estimate of drug-likeness (QED) is 0.602. The third-order valence-electron chi connectivity index (χ3n) is 3.73. The lowest BCUT2D eigenvalue weighted by Gasteiger charge is -2.23. The number of unbranched alkanes of at least 4 members (excludes halogenated alkanes) is 4. The van der Waals surface area contributed by atoms with Gasteiger partial charge in [0, 0.05) is 13.1 Å². The molecule has 0 aliphatic heterocycles. The number of hydrogen-bond donors (Lipinski definition) is 0. The Hall–Kier alpha value is -0.870. The van der Waals surface area contributed by atoms with Crippen LogP contribution in [0.15, 0.2) is 29.2 Å². The van der Waals surface area contributed by atoms with Gasteiger partial charge >= 0.3 is 0 Å². The van der Waals surface area contributed by atoms with Crippen molar-refractivity contribution in [2.24, 2.45) is 0 Å². The Morgan fingerprint density at radius 1 is 0.905 bits per heavy atom. The molecule has 0 saturated carbocycles. The highest BCUT2D eigenvalue weighted by atomic mass is 32.2. The number of nitrogens with zero attached hydrogens (tertiary/aromatic N) is 1. The molecule has 0 amide bonds. The SMILES string of the molecule is CCCCCN(CCCCC)S(=O)(=O)c1ccccc1C. The molecule has 1 aromatic carbocycles. The molecule has 0 spiro atoms. The summed E-state index contributed by atoms with van der Waals surface area (Å²) in [5.41, 5.74) is 0.827. The zero-order valence-electron chi connectivity index (χ0n) is 13.6. The maximum absolute atomic E-state index is 12.9. The Labute approximate surface area is 130 Å². The van der Waals surface area contributed by atoms with E-state index in [9.17, 15) is 8.42 Å². The smallest absolute Gasteiger partial charge is 0.207 e. The van der Waals surface area contributed by atoms with Crippen LogP contribution in [0.5, 0.6) is 0 Å². The monoisotopic (exact) mass is 311 g/mol. The zero-order valence-corrected chi connectivity index (χ0v) is 14.5. The third kappa shape index (κ3) is 5.44. The lowest BCUT2D eigenvalue weighted by atomic mass is 10.2. The van der Waals surface area contributed by atoms with Crippen LogP contribution in [0.4, 0.5) is 0 Å². The van der Waals surface area contributed by atoms with Crippen LogP contribution in [-0.4, -0.2) is 25.8 Å². The number of rotatable bonds is 10. The van der Waals surface area contributed by atoms with Crippen molar-refractivity contribution in [3.8, 4) is 0 Å². The first-order valence-corrected chi connectivity index (χ1v) is 9.53. The predicted molar refractivity (Wildman–Crippen MR) is 89.0 cm³/mol. The Bertz CT molecular complexity index is 501. The van der Waals surface area contributed by atoms with Crippen molar-refractivity contribution in [3.63, 3.8) is 0 Å². The minimum atomic E-state index is -3.36. The highest BCUT2D eigenvalue weighted by Gasteiger charge is 2.24. The molecule has 0 aliphatic rings. The van der Waals surface area contributed by atoms with Gasteiger partial charge in [0.05, 0.1) is 4.90 Å². The minimum Gasteiger partial charge on any atom is -0.207 e. The third-order valence-corrected chi connectivity index (χ3v) is 5.79. The molecule has 0 fully saturated rings. The molecule has 0 atom stereocenters. The maximum Gasteiger partial charge on any atom is 0.243 e. The molecule has 0 N–H and O–H groups in total. The number of sulfonamides is 1. The van der Waals surface area contributed by atoms with Gasteiger partial charge in [-0.25, -0.2) is 8.42 Å². The standard InChI is InChI=1S/C17H29NO2S/c1-4-6-10-14-18(15-11-7-5-2)21(19,20)17-13-9-8-12-16(17)3/h8-9,12-13H,4-7,10-11,14-15H2,1-3H3. The van der Waals surface area contributed by atoms with E-state index in [1.807, 2.05) is 19.1 Å². The average molecular weight is 311 g/mol. The van der Waals surface area contributed by atoms with Crippen LogP contribution in [0.25, 0.3) is 0 Å². The van der Waals surface area contributed by atoms with E-state index in [2.05, 4.69) is 13.8 Å². The second-order valence-corrected chi connectivity index (χ2v) is 7.49. The lowest BCUT2D eigenvalue weighted by molar-refractivity contribution is 0.388.